The molecule has 144 valence electrons. The summed E-state index contributed by atoms with van der Waals surface area (Å²) >= 11 is 0. The van der Waals surface area contributed by atoms with Crippen LogP contribution in [0.2, 0.25) is 0 Å². The Morgan fingerprint density at radius 3 is 3.07 bits per heavy atom. The normalized spacial score (nSPS) is 20.2. The van der Waals surface area contributed by atoms with E-state index in [0.29, 0.717) is 25.3 Å². The zero-order valence-corrected chi connectivity index (χ0v) is 15.5. The van der Waals surface area contributed by atoms with Gasteiger partial charge >= 0.3 is 0 Å². The number of likely N-dealkylation sites (tertiary alicyclic amines) is 1. The second kappa shape index (κ2) is 7.94. The quantitative estimate of drug-likeness (QED) is 0.616. The van der Waals surface area contributed by atoms with Crippen LogP contribution in [0.15, 0.2) is 42.9 Å². The summed E-state index contributed by atoms with van der Waals surface area (Å²) in [7, 11) is 0. The molecule has 4 rings (SSSR count). The molecule has 28 heavy (non-hydrogen) atoms. The maximum absolute atomic E-state index is 10.1. The third-order valence-electron chi connectivity index (χ3n) is 5.12. The Bertz CT molecular complexity index is 1010. The molecule has 0 aliphatic carbocycles. The van der Waals surface area contributed by atoms with Gasteiger partial charge in [0.05, 0.1) is 18.6 Å². The Kier molecular flexibility index (Phi) is 5.21. The number of rotatable bonds is 5. The molecule has 3 heterocycles. The van der Waals surface area contributed by atoms with Gasteiger partial charge in [-0.2, -0.15) is 10.4 Å². The van der Waals surface area contributed by atoms with Gasteiger partial charge in [0.25, 0.3) is 0 Å². The molecular weight excluding hydrogens is 354 g/mol. The molecule has 0 saturated carbocycles. The lowest BCUT2D eigenvalue weighted by molar-refractivity contribution is 0.0501. The van der Waals surface area contributed by atoms with E-state index in [1.54, 1.807) is 4.52 Å². The summed E-state index contributed by atoms with van der Waals surface area (Å²) in [5.74, 6) is 0.707. The lowest BCUT2D eigenvalue weighted by Crippen LogP contribution is -2.50. The van der Waals surface area contributed by atoms with Crippen LogP contribution < -0.4 is 11.1 Å². The minimum atomic E-state index is -0.501. The molecule has 0 amide bonds. The third-order valence-corrected chi connectivity index (χ3v) is 5.12. The predicted octanol–water partition coefficient (Wildman–Crippen LogP) is 1.43. The lowest BCUT2D eigenvalue weighted by atomic mass is 10.0. The number of aliphatic hydroxyl groups excluding tert-OH is 1. The van der Waals surface area contributed by atoms with E-state index >= 15 is 0 Å². The van der Waals surface area contributed by atoms with E-state index < -0.39 is 6.10 Å². The minimum Gasteiger partial charge on any atom is -0.390 e. The molecule has 2 aromatic heterocycles. The number of nitriles is 1. The summed E-state index contributed by atoms with van der Waals surface area (Å²) in [4.78, 5) is 6.64. The second-order valence-corrected chi connectivity index (χ2v) is 7.16. The molecule has 4 N–H and O–H groups in total. The molecule has 1 saturated heterocycles. The van der Waals surface area contributed by atoms with Crippen molar-refractivity contribution in [1.82, 2.24) is 19.5 Å². The van der Waals surface area contributed by atoms with Crippen molar-refractivity contribution >= 4 is 17.0 Å². The first-order chi connectivity index (χ1) is 13.6. The summed E-state index contributed by atoms with van der Waals surface area (Å²) in [6.45, 7) is 2.10. The lowest BCUT2D eigenvalue weighted by Gasteiger charge is -2.33. The second-order valence-electron chi connectivity index (χ2n) is 7.16. The molecule has 1 fully saturated rings. The van der Waals surface area contributed by atoms with Crippen molar-refractivity contribution < 1.29 is 5.11 Å². The number of anilines is 2. The summed E-state index contributed by atoms with van der Waals surface area (Å²) in [5, 5.41) is 26.7. The Morgan fingerprint density at radius 2 is 2.25 bits per heavy atom. The number of nitrogens with one attached hydrogen (secondary N) is 1. The molecule has 0 bridgehead atoms. The number of piperidine rings is 1. The van der Waals surface area contributed by atoms with Crippen molar-refractivity contribution in [3.8, 4) is 6.07 Å². The molecule has 0 radical (unpaired) electrons. The highest BCUT2D eigenvalue weighted by Gasteiger charge is 2.25. The van der Waals surface area contributed by atoms with Gasteiger partial charge in [0.2, 0.25) is 0 Å². The Balaban J connectivity index is 1.60. The molecule has 3 aromatic rings. The topological polar surface area (TPSA) is 116 Å². The van der Waals surface area contributed by atoms with Crippen LogP contribution in [0.5, 0.6) is 0 Å². The largest absolute Gasteiger partial charge is 0.390 e. The van der Waals surface area contributed by atoms with Crippen molar-refractivity contribution in [2.75, 3.05) is 18.4 Å². The van der Waals surface area contributed by atoms with Crippen LogP contribution >= 0.6 is 0 Å². The highest BCUT2D eigenvalue weighted by atomic mass is 16.3. The fourth-order valence-electron chi connectivity index (χ4n) is 3.62. The summed E-state index contributed by atoms with van der Waals surface area (Å²) < 4.78 is 1.80. The van der Waals surface area contributed by atoms with Crippen molar-refractivity contribution in [3.63, 3.8) is 0 Å². The van der Waals surface area contributed by atoms with Crippen molar-refractivity contribution in [2.24, 2.45) is 5.73 Å². The molecule has 0 unspecified atom stereocenters. The molecular formula is C20H23N7O. The van der Waals surface area contributed by atoms with Crippen LogP contribution in [-0.4, -0.2) is 49.8 Å². The van der Waals surface area contributed by atoms with Gasteiger partial charge in [0.15, 0.2) is 5.82 Å². The maximum Gasteiger partial charge on any atom is 0.158 e. The van der Waals surface area contributed by atoms with E-state index in [9.17, 15) is 5.11 Å². The number of benzene rings is 1. The molecule has 8 heteroatoms. The van der Waals surface area contributed by atoms with Gasteiger partial charge < -0.3 is 16.2 Å². The summed E-state index contributed by atoms with van der Waals surface area (Å²) in [5.41, 5.74) is 9.73. The highest BCUT2D eigenvalue weighted by Crippen LogP contribution is 2.25. The van der Waals surface area contributed by atoms with Crippen molar-refractivity contribution in [3.05, 3.63) is 54.0 Å². The number of aromatic nitrogens is 3. The molecule has 1 aromatic carbocycles. The van der Waals surface area contributed by atoms with E-state index in [1.807, 2.05) is 36.5 Å². The maximum atomic E-state index is 10.1. The highest BCUT2D eigenvalue weighted by molar-refractivity contribution is 5.76. The van der Waals surface area contributed by atoms with Gasteiger partial charge in [-0.25, -0.2) is 9.50 Å². The van der Waals surface area contributed by atoms with Crippen LogP contribution in [0.1, 0.15) is 17.5 Å². The summed E-state index contributed by atoms with van der Waals surface area (Å²) in [6.07, 6.45) is 4.07. The molecule has 1 aliphatic heterocycles. The number of β-amino-alcohol motifs (C(OH)–C–C–N with tert-alkyl or cyclic N) is 1. The number of nitrogens with two attached hydrogens (primary N) is 1. The van der Waals surface area contributed by atoms with Gasteiger partial charge in [-0.05, 0) is 35.7 Å². The minimum absolute atomic E-state index is 0.150. The number of hydrogen-bond donors (Lipinski definition) is 3. The van der Waals surface area contributed by atoms with E-state index in [4.69, 9.17) is 11.0 Å². The molecule has 0 spiro atoms. The van der Waals surface area contributed by atoms with Crippen LogP contribution in [-0.2, 0) is 13.0 Å². The smallest absolute Gasteiger partial charge is 0.158 e. The van der Waals surface area contributed by atoms with Crippen LogP contribution in [0.3, 0.4) is 0 Å². The van der Waals surface area contributed by atoms with Crippen LogP contribution in [0, 0.1) is 11.3 Å². The van der Waals surface area contributed by atoms with Crippen LogP contribution in [0.4, 0.5) is 11.5 Å². The van der Waals surface area contributed by atoms with Gasteiger partial charge in [0, 0.05) is 37.6 Å². The van der Waals surface area contributed by atoms with Gasteiger partial charge in [0.1, 0.15) is 11.8 Å². The van der Waals surface area contributed by atoms with E-state index in [0.717, 1.165) is 35.3 Å². The summed E-state index contributed by atoms with van der Waals surface area (Å²) in [6, 6.07) is 11.8. The Hall–Kier alpha value is -2.99. The fraction of sp³-hybridized carbons (Fsp3) is 0.350. The van der Waals surface area contributed by atoms with Gasteiger partial charge in [-0.1, -0.05) is 12.1 Å². The number of hydrogen-bond acceptors (Lipinski definition) is 7. The molecule has 8 nitrogen and oxygen atoms in total. The van der Waals surface area contributed by atoms with Gasteiger partial charge in [-0.3, -0.25) is 4.90 Å². The number of aliphatic hydroxyl groups is 1. The van der Waals surface area contributed by atoms with Crippen molar-refractivity contribution in [2.45, 2.75) is 31.5 Å². The number of nitrogens with zero attached hydrogens (tertiary/aromatic N) is 5. The van der Waals surface area contributed by atoms with Crippen molar-refractivity contribution in [1.29, 1.82) is 5.26 Å². The zero-order valence-electron chi connectivity index (χ0n) is 15.5. The Morgan fingerprint density at radius 1 is 1.36 bits per heavy atom. The molecule has 2 atom stereocenters. The third kappa shape index (κ3) is 3.82. The first-order valence-electron chi connectivity index (χ1n) is 9.34. The van der Waals surface area contributed by atoms with Gasteiger partial charge in [-0.15, -0.1) is 0 Å². The average molecular weight is 377 g/mol. The zero-order chi connectivity index (χ0) is 19.5. The standard InChI is InChI=1S/C20H23N7O/c21-7-4-14-2-1-3-16(10-14)25-20-19-15(5-9-27(19)24-13-23-20)11-26-8-6-17(22)18(28)12-26/h1-3,5,9-10,13,17-18,28H,4,6,8,11-12,22H2,(H,23,24,25)/t17-,18-/m1/s1. The van der Waals surface area contributed by atoms with E-state index in [1.165, 1.54) is 6.33 Å². The number of fused-ring (bicyclic) bond motifs is 1. The predicted molar refractivity (Wildman–Crippen MR) is 106 cm³/mol. The van der Waals surface area contributed by atoms with Crippen LogP contribution in [0.25, 0.3) is 5.52 Å². The van der Waals surface area contributed by atoms with E-state index in [-0.39, 0.29) is 6.04 Å². The monoisotopic (exact) mass is 377 g/mol. The SMILES string of the molecule is N#CCc1cccc(Nc2ncnn3ccc(CN4CC[C@@H](N)[C@H](O)C4)c23)c1. The molecule has 1 aliphatic rings. The van der Waals surface area contributed by atoms with E-state index in [2.05, 4.69) is 26.4 Å². The first kappa shape index (κ1) is 18.4. The average Bonchev–Trinajstić information content (AvgIpc) is 3.09. The fourth-order valence-corrected chi connectivity index (χ4v) is 3.62. The Labute approximate surface area is 163 Å². The first-order valence-corrected chi connectivity index (χ1v) is 9.34.